The molecule has 2 N–H and O–H groups in total. The molecule has 0 amide bonds. The van der Waals surface area contributed by atoms with E-state index in [1.807, 2.05) is 13.0 Å². The first kappa shape index (κ1) is 14.6. The van der Waals surface area contributed by atoms with Gasteiger partial charge in [-0.25, -0.2) is 13.1 Å². The third kappa shape index (κ3) is 4.45. The minimum Gasteiger partial charge on any atom is -0.315 e. The fourth-order valence-corrected chi connectivity index (χ4v) is 2.47. The molecule has 0 saturated carbocycles. The van der Waals surface area contributed by atoms with Gasteiger partial charge in [-0.1, -0.05) is 13.0 Å². The van der Waals surface area contributed by atoms with Crippen LogP contribution in [-0.2, 0) is 10.0 Å². The Bertz CT molecular complexity index is 520. The van der Waals surface area contributed by atoms with Crippen molar-refractivity contribution >= 4 is 10.0 Å². The molecule has 0 unspecified atom stereocenters. The number of nitrogens with one attached hydrogen (secondary N) is 2. The summed E-state index contributed by atoms with van der Waals surface area (Å²) < 4.78 is 26.3. The molecule has 0 spiro atoms. The number of sulfonamides is 1. The predicted molar refractivity (Wildman–Crippen MR) is 69.5 cm³/mol. The van der Waals surface area contributed by atoms with Crippen LogP contribution in [-0.4, -0.2) is 28.1 Å². The monoisotopic (exact) mass is 267 g/mol. The lowest BCUT2D eigenvalue weighted by atomic mass is 10.2. The summed E-state index contributed by atoms with van der Waals surface area (Å²) >= 11 is 0. The highest BCUT2D eigenvalue weighted by molar-refractivity contribution is 7.89. The lowest BCUT2D eigenvalue weighted by molar-refractivity contribution is 0.575. The fourth-order valence-electron chi connectivity index (χ4n) is 1.39. The second-order valence-corrected chi connectivity index (χ2v) is 5.55. The number of hydrogen-bond acceptors (Lipinski definition) is 4. The van der Waals surface area contributed by atoms with Crippen molar-refractivity contribution in [3.63, 3.8) is 0 Å². The molecular weight excluding hydrogens is 250 g/mol. The number of hydrogen-bond donors (Lipinski definition) is 2. The quantitative estimate of drug-likeness (QED) is 0.717. The average Bonchev–Trinajstić information content (AvgIpc) is 2.38. The van der Waals surface area contributed by atoms with Crippen molar-refractivity contribution in [1.29, 1.82) is 5.26 Å². The van der Waals surface area contributed by atoms with Crippen molar-refractivity contribution in [2.45, 2.75) is 18.2 Å². The van der Waals surface area contributed by atoms with Gasteiger partial charge in [0.2, 0.25) is 10.0 Å². The second kappa shape index (κ2) is 7.11. The fraction of sp³-hybridized carbons (Fsp3) is 0.417. The van der Waals surface area contributed by atoms with Crippen LogP contribution >= 0.6 is 0 Å². The highest BCUT2D eigenvalue weighted by atomic mass is 32.2. The molecule has 6 heteroatoms. The Morgan fingerprint density at radius 3 is 2.72 bits per heavy atom. The average molecular weight is 267 g/mol. The molecule has 5 nitrogen and oxygen atoms in total. The maximum atomic E-state index is 11.9. The van der Waals surface area contributed by atoms with Crippen molar-refractivity contribution in [2.24, 2.45) is 0 Å². The Balaban J connectivity index is 2.60. The first-order valence-corrected chi connectivity index (χ1v) is 7.29. The topological polar surface area (TPSA) is 82.0 Å². The van der Waals surface area contributed by atoms with E-state index in [0.717, 1.165) is 13.0 Å². The molecule has 0 fully saturated rings. The summed E-state index contributed by atoms with van der Waals surface area (Å²) in [5, 5.41) is 11.8. The molecule has 18 heavy (non-hydrogen) atoms. The highest BCUT2D eigenvalue weighted by Crippen LogP contribution is 2.10. The number of nitriles is 1. The molecule has 0 atom stereocenters. The summed E-state index contributed by atoms with van der Waals surface area (Å²) in [5.74, 6) is 0. The third-order valence-electron chi connectivity index (χ3n) is 2.29. The lowest BCUT2D eigenvalue weighted by Crippen LogP contribution is -2.32. The smallest absolute Gasteiger partial charge is 0.240 e. The van der Waals surface area contributed by atoms with Crippen molar-refractivity contribution < 1.29 is 8.42 Å². The van der Waals surface area contributed by atoms with E-state index in [9.17, 15) is 8.42 Å². The van der Waals surface area contributed by atoms with E-state index in [0.29, 0.717) is 18.7 Å². The maximum absolute atomic E-state index is 11.9. The van der Waals surface area contributed by atoms with Crippen molar-refractivity contribution in [3.05, 3.63) is 29.8 Å². The second-order valence-electron chi connectivity index (χ2n) is 3.79. The van der Waals surface area contributed by atoms with E-state index in [1.54, 1.807) is 12.1 Å². The number of rotatable bonds is 7. The molecule has 0 radical (unpaired) electrons. The van der Waals surface area contributed by atoms with E-state index in [-0.39, 0.29) is 4.90 Å². The zero-order valence-electron chi connectivity index (χ0n) is 10.3. The predicted octanol–water partition coefficient (Wildman–Crippen LogP) is 0.836. The Morgan fingerprint density at radius 2 is 2.06 bits per heavy atom. The Labute approximate surface area is 108 Å². The molecule has 0 aliphatic carbocycles. The van der Waals surface area contributed by atoms with Crippen LogP contribution in [0.2, 0.25) is 0 Å². The van der Waals surface area contributed by atoms with E-state index < -0.39 is 10.0 Å². The molecule has 1 aromatic rings. The van der Waals surface area contributed by atoms with Crippen LogP contribution in [0, 0.1) is 11.3 Å². The Morgan fingerprint density at radius 1 is 1.28 bits per heavy atom. The van der Waals surface area contributed by atoms with Gasteiger partial charge in [0.05, 0.1) is 16.5 Å². The molecule has 0 heterocycles. The van der Waals surface area contributed by atoms with Gasteiger partial charge >= 0.3 is 0 Å². The van der Waals surface area contributed by atoms with Gasteiger partial charge in [0.1, 0.15) is 0 Å². The van der Waals surface area contributed by atoms with Crippen LogP contribution < -0.4 is 10.0 Å². The molecule has 0 aliphatic heterocycles. The van der Waals surface area contributed by atoms with Gasteiger partial charge in [-0.15, -0.1) is 0 Å². The van der Waals surface area contributed by atoms with Crippen LogP contribution in [0.1, 0.15) is 18.9 Å². The van der Waals surface area contributed by atoms with E-state index in [2.05, 4.69) is 10.0 Å². The standard InChI is InChI=1S/C12H17N3O2S/c1-2-6-14-7-8-15-18(16,17)12-5-3-4-11(9-12)10-13/h3-5,9,14-15H,2,6-8H2,1H3. The van der Waals surface area contributed by atoms with Gasteiger partial charge < -0.3 is 5.32 Å². The minimum absolute atomic E-state index is 0.122. The van der Waals surface area contributed by atoms with Gasteiger partial charge in [0.15, 0.2) is 0 Å². The highest BCUT2D eigenvalue weighted by Gasteiger charge is 2.13. The minimum atomic E-state index is -3.52. The SMILES string of the molecule is CCCNCCNS(=O)(=O)c1cccc(C#N)c1. The van der Waals surface area contributed by atoms with Crippen molar-refractivity contribution in [2.75, 3.05) is 19.6 Å². The Kier molecular flexibility index (Phi) is 5.78. The van der Waals surface area contributed by atoms with Crippen molar-refractivity contribution in [3.8, 4) is 6.07 Å². The third-order valence-corrected chi connectivity index (χ3v) is 3.75. The lowest BCUT2D eigenvalue weighted by Gasteiger charge is -2.07. The van der Waals surface area contributed by atoms with Gasteiger partial charge in [0, 0.05) is 13.1 Å². The molecule has 0 aromatic heterocycles. The molecule has 0 saturated heterocycles. The van der Waals surface area contributed by atoms with E-state index in [4.69, 9.17) is 5.26 Å². The zero-order valence-corrected chi connectivity index (χ0v) is 11.1. The van der Waals surface area contributed by atoms with Gasteiger partial charge in [-0.2, -0.15) is 5.26 Å². The largest absolute Gasteiger partial charge is 0.315 e. The van der Waals surface area contributed by atoms with E-state index in [1.165, 1.54) is 12.1 Å². The summed E-state index contributed by atoms with van der Waals surface area (Å²) in [5.41, 5.74) is 0.335. The van der Waals surface area contributed by atoms with Crippen LogP contribution in [0.4, 0.5) is 0 Å². The number of nitrogens with zero attached hydrogens (tertiary/aromatic N) is 1. The number of benzene rings is 1. The molecule has 1 aromatic carbocycles. The van der Waals surface area contributed by atoms with Crippen LogP contribution in [0.15, 0.2) is 29.2 Å². The molecule has 98 valence electrons. The normalized spacial score (nSPS) is 11.1. The summed E-state index contributed by atoms with van der Waals surface area (Å²) in [7, 11) is -3.52. The molecule has 0 bridgehead atoms. The Hall–Kier alpha value is -1.42. The van der Waals surface area contributed by atoms with Gasteiger partial charge in [0.25, 0.3) is 0 Å². The summed E-state index contributed by atoms with van der Waals surface area (Å²) in [6, 6.07) is 7.89. The molecule has 1 rings (SSSR count). The van der Waals surface area contributed by atoms with Gasteiger partial charge in [-0.3, -0.25) is 0 Å². The molecular formula is C12H17N3O2S. The first-order valence-electron chi connectivity index (χ1n) is 5.80. The van der Waals surface area contributed by atoms with Crippen LogP contribution in [0.3, 0.4) is 0 Å². The maximum Gasteiger partial charge on any atom is 0.240 e. The van der Waals surface area contributed by atoms with Crippen LogP contribution in [0.5, 0.6) is 0 Å². The summed E-state index contributed by atoms with van der Waals surface area (Å²) in [6.07, 6.45) is 1.01. The summed E-state index contributed by atoms with van der Waals surface area (Å²) in [6.45, 7) is 3.83. The van der Waals surface area contributed by atoms with Crippen LogP contribution in [0.25, 0.3) is 0 Å². The van der Waals surface area contributed by atoms with Gasteiger partial charge in [-0.05, 0) is 31.2 Å². The summed E-state index contributed by atoms with van der Waals surface area (Å²) in [4.78, 5) is 0.122. The first-order chi connectivity index (χ1) is 8.60. The molecule has 0 aliphatic rings. The van der Waals surface area contributed by atoms with E-state index >= 15 is 0 Å². The zero-order chi connectivity index (χ0) is 13.4. The van der Waals surface area contributed by atoms with Crippen molar-refractivity contribution in [1.82, 2.24) is 10.0 Å².